The van der Waals surface area contributed by atoms with E-state index in [-0.39, 0.29) is 11.8 Å². The number of nitrogens with one attached hydrogen (secondary N) is 2. The Hall–Kier alpha value is -2.41. The monoisotopic (exact) mass is 317 g/mol. The highest BCUT2D eigenvalue weighted by atomic mass is 32.1. The second-order valence-electron chi connectivity index (χ2n) is 5.07. The number of rotatable bonds is 2. The summed E-state index contributed by atoms with van der Waals surface area (Å²) in [5.74, 6) is 0.324. The maximum Gasteiger partial charge on any atom is 0.265 e. The molecule has 2 amide bonds. The third-order valence-corrected chi connectivity index (χ3v) is 4.15. The van der Waals surface area contributed by atoms with Crippen LogP contribution in [-0.4, -0.2) is 22.9 Å². The third-order valence-electron chi connectivity index (χ3n) is 3.26. The smallest absolute Gasteiger partial charge is 0.265 e. The van der Waals surface area contributed by atoms with Crippen molar-refractivity contribution in [3.63, 3.8) is 0 Å². The van der Waals surface area contributed by atoms with Gasteiger partial charge in [-0.25, -0.2) is 4.98 Å². The van der Waals surface area contributed by atoms with Crippen molar-refractivity contribution >= 4 is 34.0 Å². The fraction of sp³-hybridized carbons (Fsp3) is 0.267. The quantitative estimate of drug-likeness (QED) is 0.892. The highest BCUT2D eigenvalue weighted by Gasteiger charge is 2.24. The number of benzene rings is 1. The Morgan fingerprint density at radius 1 is 1.45 bits per heavy atom. The number of anilines is 2. The van der Waals surface area contributed by atoms with Crippen molar-refractivity contribution in [1.82, 2.24) is 4.98 Å². The molecule has 7 heteroatoms. The Balaban J connectivity index is 1.96. The minimum atomic E-state index is -0.495. The Bertz CT molecular complexity index is 769. The first kappa shape index (κ1) is 14.5. The van der Waals surface area contributed by atoms with Gasteiger partial charge < -0.3 is 15.4 Å². The van der Waals surface area contributed by atoms with Crippen molar-refractivity contribution in [1.29, 1.82) is 0 Å². The summed E-state index contributed by atoms with van der Waals surface area (Å²) in [5, 5.41) is 6.07. The summed E-state index contributed by atoms with van der Waals surface area (Å²) in [6.07, 6.45) is -0.495. The molecule has 2 aromatic rings. The van der Waals surface area contributed by atoms with Gasteiger partial charge in [0.05, 0.1) is 11.4 Å². The van der Waals surface area contributed by atoms with E-state index in [1.165, 1.54) is 18.3 Å². The lowest BCUT2D eigenvalue weighted by Crippen LogP contribution is -2.34. The van der Waals surface area contributed by atoms with E-state index in [0.29, 0.717) is 16.6 Å². The van der Waals surface area contributed by atoms with Crippen molar-refractivity contribution in [2.24, 2.45) is 0 Å². The van der Waals surface area contributed by atoms with Crippen molar-refractivity contribution in [3.8, 4) is 17.0 Å². The van der Waals surface area contributed by atoms with Crippen LogP contribution < -0.4 is 15.4 Å². The number of ether oxygens (including phenoxy) is 1. The van der Waals surface area contributed by atoms with Crippen molar-refractivity contribution < 1.29 is 14.3 Å². The highest BCUT2D eigenvalue weighted by Crippen LogP contribution is 2.36. The van der Waals surface area contributed by atoms with Gasteiger partial charge in [0.15, 0.2) is 11.2 Å². The van der Waals surface area contributed by atoms with Gasteiger partial charge in [-0.3, -0.25) is 9.59 Å². The van der Waals surface area contributed by atoms with Gasteiger partial charge in [-0.1, -0.05) is 0 Å². The van der Waals surface area contributed by atoms with E-state index in [4.69, 9.17) is 4.74 Å². The molecule has 1 aliphatic rings. The second kappa shape index (κ2) is 5.42. The number of amides is 2. The minimum absolute atomic E-state index is 0.152. The van der Waals surface area contributed by atoms with Gasteiger partial charge in [0.1, 0.15) is 5.75 Å². The van der Waals surface area contributed by atoms with Gasteiger partial charge >= 0.3 is 0 Å². The average molecular weight is 317 g/mol. The topological polar surface area (TPSA) is 80.3 Å². The molecule has 6 nitrogen and oxygen atoms in total. The largest absolute Gasteiger partial charge is 0.479 e. The lowest BCUT2D eigenvalue weighted by atomic mass is 10.1. The Morgan fingerprint density at radius 2 is 2.23 bits per heavy atom. The Kier molecular flexibility index (Phi) is 3.58. The fourth-order valence-corrected chi connectivity index (χ4v) is 3.11. The number of carbonyl (C=O) groups is 2. The maximum absolute atomic E-state index is 11.7. The molecule has 0 fully saturated rings. The second-order valence-corrected chi connectivity index (χ2v) is 6.27. The molecule has 1 unspecified atom stereocenters. The minimum Gasteiger partial charge on any atom is -0.479 e. The summed E-state index contributed by atoms with van der Waals surface area (Å²) in [6.45, 7) is 5.09. The Morgan fingerprint density at radius 3 is 2.95 bits per heavy atom. The van der Waals surface area contributed by atoms with Crippen molar-refractivity contribution in [2.75, 3.05) is 10.6 Å². The number of fused-ring (bicyclic) bond motifs is 1. The SMILES string of the molecule is CC(=O)Nc1nc(-c2ccc3c(c2)NC(=O)C(C)O3)c(C)s1. The van der Waals surface area contributed by atoms with E-state index in [1.807, 2.05) is 25.1 Å². The van der Waals surface area contributed by atoms with Crippen LogP contribution >= 0.6 is 11.3 Å². The van der Waals surface area contributed by atoms with Crippen LogP contribution in [0.15, 0.2) is 18.2 Å². The Labute approximate surface area is 131 Å². The van der Waals surface area contributed by atoms with Crippen LogP contribution in [0.5, 0.6) is 5.75 Å². The summed E-state index contributed by atoms with van der Waals surface area (Å²) in [4.78, 5) is 28.2. The van der Waals surface area contributed by atoms with E-state index in [0.717, 1.165) is 16.1 Å². The molecule has 1 atom stereocenters. The van der Waals surface area contributed by atoms with Gasteiger partial charge in [0.2, 0.25) is 5.91 Å². The first-order chi connectivity index (χ1) is 10.4. The number of aryl methyl sites for hydroxylation is 1. The fourth-order valence-electron chi connectivity index (χ4n) is 2.22. The summed E-state index contributed by atoms with van der Waals surface area (Å²) in [7, 11) is 0. The molecule has 0 spiro atoms. The number of aromatic nitrogens is 1. The number of hydrogen-bond donors (Lipinski definition) is 2. The summed E-state index contributed by atoms with van der Waals surface area (Å²) in [5.41, 5.74) is 2.28. The molecule has 1 aliphatic heterocycles. The third kappa shape index (κ3) is 2.67. The molecule has 0 saturated heterocycles. The summed E-state index contributed by atoms with van der Waals surface area (Å²) >= 11 is 1.41. The van der Waals surface area contributed by atoms with E-state index in [1.54, 1.807) is 6.92 Å². The zero-order chi connectivity index (χ0) is 15.9. The van der Waals surface area contributed by atoms with Crippen LogP contribution in [-0.2, 0) is 9.59 Å². The molecule has 0 saturated carbocycles. The van der Waals surface area contributed by atoms with Gasteiger partial charge in [-0.2, -0.15) is 0 Å². The highest BCUT2D eigenvalue weighted by molar-refractivity contribution is 7.16. The number of thiazole rings is 1. The number of carbonyl (C=O) groups excluding carboxylic acids is 2. The molecule has 1 aromatic carbocycles. The average Bonchev–Trinajstić information content (AvgIpc) is 2.79. The predicted molar refractivity (Wildman–Crippen MR) is 85.3 cm³/mol. The van der Waals surface area contributed by atoms with Crippen LogP contribution in [0.1, 0.15) is 18.7 Å². The molecule has 0 bridgehead atoms. The van der Waals surface area contributed by atoms with Gasteiger partial charge in [-0.05, 0) is 32.0 Å². The molecule has 2 heterocycles. The molecule has 2 N–H and O–H groups in total. The van der Waals surface area contributed by atoms with Crippen LogP contribution in [0.3, 0.4) is 0 Å². The lowest BCUT2D eigenvalue weighted by Gasteiger charge is -2.23. The van der Waals surface area contributed by atoms with Crippen LogP contribution in [0.25, 0.3) is 11.3 Å². The van der Waals surface area contributed by atoms with Crippen molar-refractivity contribution in [2.45, 2.75) is 26.9 Å². The zero-order valence-corrected chi connectivity index (χ0v) is 13.2. The van der Waals surface area contributed by atoms with Crippen LogP contribution in [0.2, 0.25) is 0 Å². The van der Waals surface area contributed by atoms with E-state index in [9.17, 15) is 9.59 Å². The molecule has 22 heavy (non-hydrogen) atoms. The molecule has 1 aromatic heterocycles. The van der Waals surface area contributed by atoms with Crippen molar-refractivity contribution in [3.05, 3.63) is 23.1 Å². The first-order valence-electron chi connectivity index (χ1n) is 6.81. The molecule has 3 rings (SSSR count). The molecule has 0 radical (unpaired) electrons. The standard InChI is InChI=1S/C15H15N3O3S/c1-7-14(20)17-11-6-10(4-5-12(11)21-7)13-8(2)22-15(18-13)16-9(3)19/h4-7H,1-3H3,(H,17,20)(H,16,18,19). The van der Waals surface area contributed by atoms with Crippen LogP contribution in [0, 0.1) is 6.92 Å². The zero-order valence-electron chi connectivity index (χ0n) is 12.4. The molecular weight excluding hydrogens is 302 g/mol. The van der Waals surface area contributed by atoms with Gasteiger partial charge in [0.25, 0.3) is 5.91 Å². The predicted octanol–water partition coefficient (Wildman–Crippen LogP) is 2.80. The molecule has 114 valence electrons. The first-order valence-corrected chi connectivity index (χ1v) is 7.62. The molecule has 0 aliphatic carbocycles. The number of hydrogen-bond acceptors (Lipinski definition) is 5. The lowest BCUT2D eigenvalue weighted by molar-refractivity contribution is -0.122. The normalized spacial score (nSPS) is 16.5. The van der Waals surface area contributed by atoms with Gasteiger partial charge in [0, 0.05) is 17.4 Å². The molecular formula is C15H15N3O3S. The summed E-state index contributed by atoms with van der Waals surface area (Å²) < 4.78 is 5.54. The summed E-state index contributed by atoms with van der Waals surface area (Å²) in [6, 6.07) is 5.54. The van der Waals surface area contributed by atoms with E-state index >= 15 is 0 Å². The van der Waals surface area contributed by atoms with E-state index in [2.05, 4.69) is 15.6 Å². The number of nitrogens with zero attached hydrogens (tertiary/aromatic N) is 1. The van der Waals surface area contributed by atoms with Gasteiger partial charge in [-0.15, -0.1) is 11.3 Å². The van der Waals surface area contributed by atoms with E-state index < -0.39 is 6.10 Å². The maximum atomic E-state index is 11.7. The van der Waals surface area contributed by atoms with Crippen LogP contribution in [0.4, 0.5) is 10.8 Å².